The van der Waals surface area contributed by atoms with E-state index >= 15 is 0 Å². The van der Waals surface area contributed by atoms with E-state index in [0.717, 1.165) is 0 Å². The maximum Gasteiger partial charge on any atom is 0.223 e. The Morgan fingerprint density at radius 2 is 2.14 bits per heavy atom. The average molecular weight is 294 g/mol. The van der Waals surface area contributed by atoms with E-state index in [2.05, 4.69) is 19.2 Å². The van der Waals surface area contributed by atoms with Crippen LogP contribution in [-0.4, -0.2) is 31.8 Å². The van der Waals surface area contributed by atoms with Crippen LogP contribution >= 0.6 is 0 Å². The van der Waals surface area contributed by atoms with Crippen molar-refractivity contribution < 1.29 is 14.3 Å². The lowest BCUT2D eigenvalue weighted by Gasteiger charge is -2.22. The number of carbonyl (C=O) groups is 1. The van der Waals surface area contributed by atoms with Gasteiger partial charge in [-0.2, -0.15) is 0 Å². The molecule has 1 unspecified atom stereocenters. The molecule has 0 bridgehead atoms. The quantitative estimate of drug-likeness (QED) is 0.685. The fourth-order valence-electron chi connectivity index (χ4n) is 1.79. The maximum absolute atomic E-state index is 11.9. The minimum atomic E-state index is -0.0303. The van der Waals surface area contributed by atoms with Gasteiger partial charge in [-0.25, -0.2) is 0 Å². The van der Waals surface area contributed by atoms with Crippen LogP contribution in [0.2, 0.25) is 0 Å². The molecule has 1 amide bonds. The summed E-state index contributed by atoms with van der Waals surface area (Å²) in [6.45, 7) is 7.58. The Balaban J connectivity index is 2.32. The van der Waals surface area contributed by atoms with Gasteiger partial charge in [-0.15, -0.1) is 0 Å². The number of nitrogen functional groups attached to an aromatic ring is 1. The molecule has 5 nitrogen and oxygen atoms in total. The molecule has 1 aromatic rings. The minimum Gasteiger partial charge on any atom is -0.493 e. The fourth-order valence-corrected chi connectivity index (χ4v) is 1.79. The number of rotatable bonds is 9. The van der Waals surface area contributed by atoms with E-state index in [1.54, 1.807) is 12.1 Å². The van der Waals surface area contributed by atoms with Crippen LogP contribution < -0.4 is 15.8 Å². The standard InChI is InChI=1S/C16H26N2O3/c1-4-20-11-15(12(2)3)18-16(19)8-9-21-14-7-5-6-13(17)10-14/h5-7,10,12,15H,4,8-9,11,17H2,1-3H3,(H,18,19). The predicted octanol–water partition coefficient (Wildman–Crippen LogP) is 2.21. The highest BCUT2D eigenvalue weighted by Gasteiger charge is 2.16. The average Bonchev–Trinajstić information content (AvgIpc) is 2.43. The highest BCUT2D eigenvalue weighted by Crippen LogP contribution is 2.14. The van der Waals surface area contributed by atoms with Crippen LogP contribution in [0.25, 0.3) is 0 Å². The van der Waals surface area contributed by atoms with Crippen LogP contribution in [0.4, 0.5) is 5.69 Å². The van der Waals surface area contributed by atoms with Crippen LogP contribution in [0.1, 0.15) is 27.2 Å². The zero-order valence-electron chi connectivity index (χ0n) is 13.1. The van der Waals surface area contributed by atoms with Gasteiger partial charge in [-0.05, 0) is 25.0 Å². The third kappa shape index (κ3) is 6.99. The van der Waals surface area contributed by atoms with Gasteiger partial charge in [0, 0.05) is 18.4 Å². The number of nitrogens with two attached hydrogens (primary N) is 1. The Kier molecular flexibility index (Phi) is 7.61. The summed E-state index contributed by atoms with van der Waals surface area (Å²) in [6.07, 6.45) is 0.310. The smallest absolute Gasteiger partial charge is 0.223 e. The predicted molar refractivity (Wildman–Crippen MR) is 84.2 cm³/mol. The Hall–Kier alpha value is -1.75. The number of benzene rings is 1. The normalized spacial score (nSPS) is 12.2. The Labute approximate surface area is 126 Å². The first kappa shape index (κ1) is 17.3. The molecule has 1 atom stereocenters. The first-order valence-corrected chi connectivity index (χ1v) is 7.38. The van der Waals surface area contributed by atoms with E-state index in [0.29, 0.717) is 43.6 Å². The number of carbonyl (C=O) groups excluding carboxylic acids is 1. The van der Waals surface area contributed by atoms with Gasteiger partial charge < -0.3 is 20.5 Å². The second kappa shape index (κ2) is 9.23. The van der Waals surface area contributed by atoms with Gasteiger partial charge >= 0.3 is 0 Å². The zero-order chi connectivity index (χ0) is 15.7. The summed E-state index contributed by atoms with van der Waals surface area (Å²) in [4.78, 5) is 11.9. The van der Waals surface area contributed by atoms with Gasteiger partial charge in [0.2, 0.25) is 5.91 Å². The first-order chi connectivity index (χ1) is 10.0. The zero-order valence-corrected chi connectivity index (χ0v) is 13.1. The Morgan fingerprint density at radius 1 is 1.38 bits per heavy atom. The van der Waals surface area contributed by atoms with Gasteiger partial charge in [0.05, 0.1) is 25.7 Å². The number of hydrogen-bond acceptors (Lipinski definition) is 4. The fraction of sp³-hybridized carbons (Fsp3) is 0.562. The van der Waals surface area contributed by atoms with Crippen molar-refractivity contribution in [1.82, 2.24) is 5.32 Å². The number of amides is 1. The van der Waals surface area contributed by atoms with Crippen LogP contribution in [0.3, 0.4) is 0 Å². The summed E-state index contributed by atoms with van der Waals surface area (Å²) < 4.78 is 10.9. The second-order valence-corrected chi connectivity index (χ2v) is 5.25. The maximum atomic E-state index is 11.9. The molecule has 1 rings (SSSR count). The summed E-state index contributed by atoms with van der Waals surface area (Å²) in [5, 5.41) is 2.98. The molecule has 0 aliphatic heterocycles. The van der Waals surface area contributed by atoms with E-state index in [1.165, 1.54) is 0 Å². The third-order valence-corrected chi connectivity index (χ3v) is 3.11. The molecule has 0 saturated carbocycles. The van der Waals surface area contributed by atoms with Crippen LogP contribution in [-0.2, 0) is 9.53 Å². The van der Waals surface area contributed by atoms with Crippen molar-refractivity contribution in [2.75, 3.05) is 25.6 Å². The van der Waals surface area contributed by atoms with E-state index in [-0.39, 0.29) is 11.9 Å². The van der Waals surface area contributed by atoms with Crippen molar-refractivity contribution in [3.8, 4) is 5.75 Å². The monoisotopic (exact) mass is 294 g/mol. The number of ether oxygens (including phenoxy) is 2. The largest absolute Gasteiger partial charge is 0.493 e. The molecular weight excluding hydrogens is 268 g/mol. The molecule has 0 radical (unpaired) electrons. The summed E-state index contributed by atoms with van der Waals surface area (Å²) in [5.74, 6) is 0.977. The van der Waals surface area contributed by atoms with E-state index in [1.807, 2.05) is 19.1 Å². The lowest BCUT2D eigenvalue weighted by Crippen LogP contribution is -2.42. The number of anilines is 1. The summed E-state index contributed by atoms with van der Waals surface area (Å²) in [5.41, 5.74) is 6.31. The van der Waals surface area contributed by atoms with Crippen molar-refractivity contribution in [1.29, 1.82) is 0 Å². The van der Waals surface area contributed by atoms with Gasteiger partial charge in [0.15, 0.2) is 0 Å². The SMILES string of the molecule is CCOCC(NC(=O)CCOc1cccc(N)c1)C(C)C. The molecule has 0 heterocycles. The first-order valence-electron chi connectivity index (χ1n) is 7.38. The summed E-state index contributed by atoms with van der Waals surface area (Å²) in [6, 6.07) is 7.21. The lowest BCUT2D eigenvalue weighted by molar-refractivity contribution is -0.123. The molecule has 5 heteroatoms. The molecule has 0 aromatic heterocycles. The van der Waals surface area contributed by atoms with E-state index in [9.17, 15) is 4.79 Å². The van der Waals surface area contributed by atoms with Crippen molar-refractivity contribution in [3.63, 3.8) is 0 Å². The molecule has 3 N–H and O–H groups in total. The third-order valence-electron chi connectivity index (χ3n) is 3.11. The van der Waals surface area contributed by atoms with Crippen LogP contribution in [0.5, 0.6) is 5.75 Å². The Morgan fingerprint density at radius 3 is 2.76 bits per heavy atom. The highest BCUT2D eigenvalue weighted by atomic mass is 16.5. The highest BCUT2D eigenvalue weighted by molar-refractivity contribution is 5.76. The van der Waals surface area contributed by atoms with Crippen molar-refractivity contribution >= 4 is 11.6 Å². The van der Waals surface area contributed by atoms with E-state index in [4.69, 9.17) is 15.2 Å². The molecular formula is C16H26N2O3. The molecule has 0 aliphatic rings. The summed E-state index contributed by atoms with van der Waals surface area (Å²) in [7, 11) is 0. The molecule has 0 fully saturated rings. The van der Waals surface area contributed by atoms with Crippen LogP contribution in [0.15, 0.2) is 24.3 Å². The van der Waals surface area contributed by atoms with Gasteiger partial charge in [-0.3, -0.25) is 4.79 Å². The van der Waals surface area contributed by atoms with Crippen molar-refractivity contribution in [3.05, 3.63) is 24.3 Å². The number of nitrogens with one attached hydrogen (secondary N) is 1. The number of hydrogen-bond donors (Lipinski definition) is 2. The molecule has 1 aromatic carbocycles. The van der Waals surface area contributed by atoms with Gasteiger partial charge in [0.1, 0.15) is 5.75 Å². The Bertz CT molecular complexity index is 435. The second-order valence-electron chi connectivity index (χ2n) is 5.25. The van der Waals surface area contributed by atoms with Crippen molar-refractivity contribution in [2.45, 2.75) is 33.2 Å². The van der Waals surface area contributed by atoms with Crippen LogP contribution in [0, 0.1) is 5.92 Å². The molecule has 0 saturated heterocycles. The van der Waals surface area contributed by atoms with E-state index < -0.39 is 0 Å². The lowest BCUT2D eigenvalue weighted by atomic mass is 10.1. The molecule has 0 aliphatic carbocycles. The van der Waals surface area contributed by atoms with Gasteiger partial charge in [0.25, 0.3) is 0 Å². The molecule has 118 valence electrons. The van der Waals surface area contributed by atoms with Crippen molar-refractivity contribution in [2.24, 2.45) is 5.92 Å². The molecule has 0 spiro atoms. The molecule has 21 heavy (non-hydrogen) atoms. The summed E-state index contributed by atoms with van der Waals surface area (Å²) >= 11 is 0. The topological polar surface area (TPSA) is 73.6 Å². The minimum absolute atomic E-state index is 0.0303. The van der Waals surface area contributed by atoms with Gasteiger partial charge in [-0.1, -0.05) is 19.9 Å².